The first-order valence-corrected chi connectivity index (χ1v) is 8.07. The number of ether oxygens (including phenoxy) is 1. The van der Waals surface area contributed by atoms with E-state index in [2.05, 4.69) is 4.74 Å². The fraction of sp³-hybridized carbons (Fsp3) is 0.538. The van der Waals surface area contributed by atoms with E-state index in [1.807, 2.05) is 0 Å². The zero-order chi connectivity index (χ0) is 16.6. The highest BCUT2D eigenvalue weighted by Gasteiger charge is 2.47. The number of nitrogens with two attached hydrogens (primary N) is 1. The van der Waals surface area contributed by atoms with Gasteiger partial charge in [0.25, 0.3) is 0 Å². The summed E-state index contributed by atoms with van der Waals surface area (Å²) in [5.41, 5.74) is 5.62. The lowest BCUT2D eigenvalue weighted by molar-refractivity contribution is -0.274. The summed E-state index contributed by atoms with van der Waals surface area (Å²) in [4.78, 5) is -0.535. The third kappa shape index (κ3) is 3.52. The van der Waals surface area contributed by atoms with E-state index in [0.29, 0.717) is 6.07 Å². The van der Waals surface area contributed by atoms with Gasteiger partial charge in [-0.15, -0.1) is 13.2 Å². The maximum absolute atomic E-state index is 14.8. The van der Waals surface area contributed by atoms with Crippen LogP contribution in [0.2, 0.25) is 0 Å². The quantitative estimate of drug-likeness (QED) is 0.858. The summed E-state index contributed by atoms with van der Waals surface area (Å²) in [6.07, 6.45) is -5.10. The molecule has 2 N–H and O–H groups in total. The van der Waals surface area contributed by atoms with Crippen LogP contribution in [0.4, 0.5) is 17.6 Å². The van der Waals surface area contributed by atoms with E-state index >= 15 is 0 Å². The van der Waals surface area contributed by atoms with Gasteiger partial charge in [-0.1, -0.05) is 6.07 Å². The number of alkyl halides is 4. The molecule has 0 aromatic heterocycles. The van der Waals surface area contributed by atoms with Crippen LogP contribution < -0.4 is 10.5 Å². The second-order valence-corrected chi connectivity index (χ2v) is 7.46. The Labute approximate surface area is 125 Å². The van der Waals surface area contributed by atoms with E-state index in [-0.39, 0.29) is 31.7 Å². The Hall–Kier alpha value is -1.35. The van der Waals surface area contributed by atoms with Gasteiger partial charge < -0.3 is 10.5 Å². The first-order chi connectivity index (χ1) is 10.0. The monoisotopic (exact) mass is 341 g/mol. The topological polar surface area (TPSA) is 69.4 Å². The molecule has 1 aromatic rings. The van der Waals surface area contributed by atoms with Crippen LogP contribution in [0.3, 0.4) is 0 Å². The Balaban J connectivity index is 2.32. The largest absolute Gasteiger partial charge is 0.573 e. The van der Waals surface area contributed by atoms with Crippen LogP contribution in [0.1, 0.15) is 25.7 Å². The Bertz CT molecular complexity index is 637. The molecule has 0 saturated heterocycles. The molecule has 0 atom stereocenters. The number of sulfone groups is 1. The van der Waals surface area contributed by atoms with Gasteiger partial charge in [-0.25, -0.2) is 12.8 Å². The van der Waals surface area contributed by atoms with Crippen molar-refractivity contribution in [2.75, 3.05) is 0 Å². The Kier molecular flexibility index (Phi) is 4.40. The van der Waals surface area contributed by atoms with E-state index in [4.69, 9.17) is 5.73 Å². The van der Waals surface area contributed by atoms with Gasteiger partial charge in [0.1, 0.15) is 5.75 Å². The highest BCUT2D eigenvalue weighted by atomic mass is 32.2. The second kappa shape index (κ2) is 5.69. The van der Waals surface area contributed by atoms with E-state index < -0.39 is 31.8 Å². The van der Waals surface area contributed by atoms with Crippen molar-refractivity contribution in [3.63, 3.8) is 0 Å². The van der Waals surface area contributed by atoms with Crippen LogP contribution in [-0.2, 0) is 9.84 Å². The molecule has 124 valence electrons. The molecule has 1 saturated carbocycles. The van der Waals surface area contributed by atoms with E-state index in [1.54, 1.807) is 0 Å². The molecule has 1 fully saturated rings. The third-order valence-electron chi connectivity index (χ3n) is 3.61. The van der Waals surface area contributed by atoms with Gasteiger partial charge in [-0.2, -0.15) is 0 Å². The normalized spacial score (nSPS) is 26.7. The molecule has 0 amide bonds. The summed E-state index contributed by atoms with van der Waals surface area (Å²) in [7, 11) is -4.43. The fourth-order valence-electron chi connectivity index (χ4n) is 2.39. The van der Waals surface area contributed by atoms with Crippen LogP contribution in [0, 0.1) is 0 Å². The summed E-state index contributed by atoms with van der Waals surface area (Å²) < 4.78 is 79.8. The number of benzene rings is 1. The molecular weight excluding hydrogens is 326 g/mol. The number of hydrogen-bond acceptors (Lipinski definition) is 4. The lowest BCUT2D eigenvalue weighted by Gasteiger charge is -2.32. The standard InChI is InChI=1S/C13H15F4NO3S/c14-12(6-4-9(18)5-7-12)22(19,20)11-3-1-2-10(8-11)21-13(15,16)17/h1-3,8-9H,4-7,18H2/t9-,12-. The van der Waals surface area contributed by atoms with Crippen LogP contribution in [0.25, 0.3) is 0 Å². The van der Waals surface area contributed by atoms with Gasteiger partial charge >= 0.3 is 6.36 Å². The van der Waals surface area contributed by atoms with E-state index in [0.717, 1.165) is 18.2 Å². The van der Waals surface area contributed by atoms with Crippen molar-refractivity contribution in [1.82, 2.24) is 0 Å². The van der Waals surface area contributed by atoms with Gasteiger partial charge in [0.05, 0.1) is 4.90 Å². The molecule has 0 aliphatic heterocycles. The Morgan fingerprint density at radius 3 is 2.36 bits per heavy atom. The smallest absolute Gasteiger partial charge is 0.406 e. The minimum atomic E-state index is -4.95. The minimum absolute atomic E-state index is 0.203. The number of halogens is 4. The summed E-state index contributed by atoms with van der Waals surface area (Å²) in [5.74, 6) is -0.704. The number of rotatable bonds is 3. The summed E-state index contributed by atoms with van der Waals surface area (Å²) in [6.45, 7) is 0. The van der Waals surface area contributed by atoms with Crippen molar-refractivity contribution in [2.45, 2.75) is 48.0 Å². The first-order valence-electron chi connectivity index (χ1n) is 6.58. The van der Waals surface area contributed by atoms with Crippen LogP contribution in [0.15, 0.2) is 29.2 Å². The molecule has 1 aromatic carbocycles. The molecule has 0 heterocycles. The zero-order valence-electron chi connectivity index (χ0n) is 11.4. The maximum atomic E-state index is 14.8. The minimum Gasteiger partial charge on any atom is -0.406 e. The molecule has 0 spiro atoms. The molecule has 22 heavy (non-hydrogen) atoms. The van der Waals surface area contributed by atoms with Crippen LogP contribution >= 0.6 is 0 Å². The van der Waals surface area contributed by atoms with Crippen molar-refractivity contribution in [2.24, 2.45) is 5.73 Å². The molecular formula is C13H15F4NO3S. The van der Waals surface area contributed by atoms with Crippen molar-refractivity contribution >= 4 is 9.84 Å². The van der Waals surface area contributed by atoms with E-state index in [9.17, 15) is 26.0 Å². The van der Waals surface area contributed by atoms with Gasteiger partial charge in [-0.3, -0.25) is 0 Å². The lowest BCUT2D eigenvalue weighted by atomic mass is 9.94. The van der Waals surface area contributed by atoms with Gasteiger partial charge in [0.2, 0.25) is 14.8 Å². The highest BCUT2D eigenvalue weighted by Crippen LogP contribution is 2.40. The average molecular weight is 341 g/mol. The van der Waals surface area contributed by atoms with Crippen LogP contribution in [-0.4, -0.2) is 25.8 Å². The highest BCUT2D eigenvalue weighted by molar-refractivity contribution is 7.92. The Morgan fingerprint density at radius 2 is 1.82 bits per heavy atom. The van der Waals surface area contributed by atoms with Gasteiger partial charge in [0.15, 0.2) is 0 Å². The average Bonchev–Trinajstić information content (AvgIpc) is 2.40. The van der Waals surface area contributed by atoms with Crippen molar-refractivity contribution in [3.8, 4) is 5.75 Å². The summed E-state index contributed by atoms with van der Waals surface area (Å²) in [5, 5.41) is -2.51. The van der Waals surface area contributed by atoms with Crippen molar-refractivity contribution in [3.05, 3.63) is 24.3 Å². The Morgan fingerprint density at radius 1 is 1.23 bits per heavy atom. The van der Waals surface area contributed by atoms with E-state index in [1.165, 1.54) is 0 Å². The molecule has 9 heteroatoms. The van der Waals surface area contributed by atoms with Crippen LogP contribution in [0.5, 0.6) is 5.75 Å². The molecule has 4 nitrogen and oxygen atoms in total. The number of hydrogen-bond donors (Lipinski definition) is 1. The predicted molar refractivity (Wildman–Crippen MR) is 70.6 cm³/mol. The molecule has 2 rings (SSSR count). The molecule has 0 radical (unpaired) electrons. The van der Waals surface area contributed by atoms with Gasteiger partial charge in [0, 0.05) is 6.04 Å². The van der Waals surface area contributed by atoms with Crippen molar-refractivity contribution in [1.29, 1.82) is 0 Å². The van der Waals surface area contributed by atoms with Crippen molar-refractivity contribution < 1.29 is 30.7 Å². The second-order valence-electron chi connectivity index (χ2n) is 5.25. The third-order valence-corrected chi connectivity index (χ3v) is 5.85. The molecule has 0 bridgehead atoms. The first kappa shape index (κ1) is 17.0. The maximum Gasteiger partial charge on any atom is 0.573 e. The zero-order valence-corrected chi connectivity index (χ0v) is 12.3. The predicted octanol–water partition coefficient (Wildman–Crippen LogP) is 2.93. The molecule has 0 unspecified atom stereocenters. The summed E-state index contributed by atoms with van der Waals surface area (Å²) in [6, 6.07) is 3.49. The summed E-state index contributed by atoms with van der Waals surface area (Å²) >= 11 is 0. The molecule has 1 aliphatic carbocycles. The van der Waals surface area contributed by atoms with Gasteiger partial charge in [-0.05, 0) is 43.9 Å². The lowest BCUT2D eigenvalue weighted by Crippen LogP contribution is -2.41. The SMILES string of the molecule is N[C@H]1CC[C@](F)(S(=O)(=O)c2cccc(OC(F)(F)F)c2)CC1. The fourth-order valence-corrected chi connectivity index (χ4v) is 4.11. The molecule has 1 aliphatic rings.